The smallest absolute Gasteiger partial charge is 0.123 e. The molecule has 0 aliphatic heterocycles. The van der Waals surface area contributed by atoms with Crippen LogP contribution < -0.4 is 0 Å². The largest absolute Gasteiger partial charge is 0.507 e. The molecule has 0 saturated carbocycles. The van der Waals surface area contributed by atoms with Gasteiger partial charge in [0.1, 0.15) is 5.75 Å². The van der Waals surface area contributed by atoms with Crippen molar-refractivity contribution in [1.29, 1.82) is 0 Å². The second-order valence-electron chi connectivity index (χ2n) is 4.32. The van der Waals surface area contributed by atoms with E-state index < -0.39 is 0 Å². The molecule has 0 atom stereocenters. The monoisotopic (exact) mass is 226 g/mol. The summed E-state index contributed by atoms with van der Waals surface area (Å²) in [5.41, 5.74) is 2.51. The third-order valence-electron chi connectivity index (χ3n) is 3.39. The minimum Gasteiger partial charge on any atom is -0.507 e. The van der Waals surface area contributed by atoms with E-state index in [1.54, 1.807) is 13.2 Å². The lowest BCUT2D eigenvalue weighted by molar-refractivity contribution is 0.280. The SMILES string of the molecule is COC1=Cc2ccc3c(O)cccc3c2CC1. The van der Waals surface area contributed by atoms with Crippen LogP contribution in [0.1, 0.15) is 17.5 Å². The van der Waals surface area contributed by atoms with Crippen LogP contribution in [0.2, 0.25) is 0 Å². The summed E-state index contributed by atoms with van der Waals surface area (Å²) in [4.78, 5) is 0. The van der Waals surface area contributed by atoms with Crippen LogP contribution in [0.4, 0.5) is 0 Å². The highest BCUT2D eigenvalue weighted by Gasteiger charge is 2.14. The minimum atomic E-state index is 0.354. The molecule has 0 fully saturated rings. The Balaban J connectivity index is 2.28. The summed E-state index contributed by atoms with van der Waals surface area (Å²) in [6, 6.07) is 9.72. The van der Waals surface area contributed by atoms with Crippen molar-refractivity contribution >= 4 is 16.8 Å². The summed E-state index contributed by atoms with van der Waals surface area (Å²) in [6.07, 6.45) is 3.98. The molecule has 2 aromatic carbocycles. The number of methoxy groups -OCH3 is 1. The molecule has 1 aliphatic rings. The number of fused-ring (bicyclic) bond motifs is 3. The van der Waals surface area contributed by atoms with Gasteiger partial charge in [-0.3, -0.25) is 0 Å². The minimum absolute atomic E-state index is 0.354. The van der Waals surface area contributed by atoms with Gasteiger partial charge in [0, 0.05) is 11.8 Å². The summed E-state index contributed by atoms with van der Waals surface area (Å²) in [5, 5.41) is 11.9. The molecule has 0 heterocycles. The maximum atomic E-state index is 9.83. The lowest BCUT2D eigenvalue weighted by atomic mass is 9.91. The van der Waals surface area contributed by atoms with Gasteiger partial charge in [0.05, 0.1) is 12.9 Å². The first-order valence-corrected chi connectivity index (χ1v) is 5.78. The van der Waals surface area contributed by atoms with Crippen molar-refractivity contribution in [2.75, 3.05) is 7.11 Å². The fourth-order valence-corrected chi connectivity index (χ4v) is 2.49. The number of benzene rings is 2. The normalized spacial score (nSPS) is 14.3. The lowest BCUT2D eigenvalue weighted by Gasteiger charge is -2.17. The van der Waals surface area contributed by atoms with E-state index in [1.807, 2.05) is 12.1 Å². The van der Waals surface area contributed by atoms with E-state index in [9.17, 15) is 5.11 Å². The van der Waals surface area contributed by atoms with E-state index >= 15 is 0 Å². The molecule has 17 heavy (non-hydrogen) atoms. The van der Waals surface area contributed by atoms with Gasteiger partial charge in [-0.05, 0) is 35.1 Å². The van der Waals surface area contributed by atoms with Gasteiger partial charge in [-0.25, -0.2) is 0 Å². The number of ether oxygens (including phenoxy) is 1. The van der Waals surface area contributed by atoms with E-state index in [0.717, 1.165) is 29.4 Å². The highest BCUT2D eigenvalue weighted by atomic mass is 16.5. The summed E-state index contributed by atoms with van der Waals surface area (Å²) in [7, 11) is 1.71. The molecular weight excluding hydrogens is 212 g/mol. The van der Waals surface area contributed by atoms with Crippen LogP contribution in [-0.2, 0) is 11.2 Å². The van der Waals surface area contributed by atoms with E-state index in [1.165, 1.54) is 11.1 Å². The van der Waals surface area contributed by atoms with Gasteiger partial charge in [-0.15, -0.1) is 0 Å². The van der Waals surface area contributed by atoms with Crippen LogP contribution in [0, 0.1) is 0 Å². The summed E-state index contributed by atoms with van der Waals surface area (Å²) >= 11 is 0. The van der Waals surface area contributed by atoms with Gasteiger partial charge in [-0.2, -0.15) is 0 Å². The quantitative estimate of drug-likeness (QED) is 0.806. The van der Waals surface area contributed by atoms with Crippen LogP contribution >= 0.6 is 0 Å². The number of phenols is 1. The van der Waals surface area contributed by atoms with Crippen molar-refractivity contribution in [1.82, 2.24) is 0 Å². The molecule has 0 bridgehead atoms. The molecule has 0 aromatic heterocycles. The topological polar surface area (TPSA) is 29.5 Å². The number of hydrogen-bond donors (Lipinski definition) is 1. The van der Waals surface area contributed by atoms with E-state index in [2.05, 4.69) is 18.2 Å². The molecule has 0 spiro atoms. The van der Waals surface area contributed by atoms with E-state index in [0.29, 0.717) is 5.75 Å². The molecule has 0 radical (unpaired) electrons. The molecule has 3 rings (SSSR count). The van der Waals surface area contributed by atoms with Crippen LogP contribution in [0.3, 0.4) is 0 Å². The molecule has 1 N–H and O–H groups in total. The number of rotatable bonds is 1. The highest BCUT2D eigenvalue weighted by molar-refractivity contribution is 5.93. The predicted octanol–water partition coefficient (Wildman–Crippen LogP) is 3.48. The van der Waals surface area contributed by atoms with Crippen molar-refractivity contribution in [3.63, 3.8) is 0 Å². The summed E-state index contributed by atoms with van der Waals surface area (Å²) in [5.74, 6) is 1.38. The average Bonchev–Trinajstić information content (AvgIpc) is 2.38. The van der Waals surface area contributed by atoms with Gasteiger partial charge in [0.25, 0.3) is 0 Å². The van der Waals surface area contributed by atoms with Crippen molar-refractivity contribution in [2.24, 2.45) is 0 Å². The van der Waals surface area contributed by atoms with Gasteiger partial charge in [0.2, 0.25) is 0 Å². The first-order valence-electron chi connectivity index (χ1n) is 5.78. The fraction of sp³-hybridized carbons (Fsp3) is 0.200. The Morgan fingerprint density at radius 3 is 2.76 bits per heavy atom. The fourth-order valence-electron chi connectivity index (χ4n) is 2.49. The van der Waals surface area contributed by atoms with Crippen LogP contribution in [0.15, 0.2) is 36.1 Å². The molecule has 2 heteroatoms. The molecule has 0 unspecified atom stereocenters. The third-order valence-corrected chi connectivity index (χ3v) is 3.39. The molecule has 1 aliphatic carbocycles. The van der Waals surface area contributed by atoms with Gasteiger partial charge in [0.15, 0.2) is 0 Å². The lowest BCUT2D eigenvalue weighted by Crippen LogP contribution is -2.01. The number of phenolic OH excluding ortho intramolecular Hbond substituents is 1. The maximum Gasteiger partial charge on any atom is 0.123 e. The average molecular weight is 226 g/mol. The molecular formula is C15H14O2. The van der Waals surface area contributed by atoms with E-state index in [-0.39, 0.29) is 0 Å². The second-order valence-corrected chi connectivity index (χ2v) is 4.32. The van der Waals surface area contributed by atoms with Gasteiger partial charge >= 0.3 is 0 Å². The highest BCUT2D eigenvalue weighted by Crippen LogP contribution is 2.33. The standard InChI is InChI=1S/C15H14O2/c1-17-11-6-8-12-10(9-11)5-7-14-13(12)3-2-4-15(14)16/h2-5,7,9,16H,6,8H2,1H3. The number of aromatic hydroxyl groups is 1. The second kappa shape index (κ2) is 3.81. The van der Waals surface area contributed by atoms with Crippen molar-refractivity contribution < 1.29 is 9.84 Å². The van der Waals surface area contributed by atoms with Crippen molar-refractivity contribution in [3.8, 4) is 5.75 Å². The molecule has 86 valence electrons. The Morgan fingerprint density at radius 1 is 1.06 bits per heavy atom. The molecule has 0 amide bonds. The number of allylic oxidation sites excluding steroid dienone is 1. The molecule has 2 nitrogen and oxygen atoms in total. The Bertz CT molecular complexity index is 612. The summed E-state index contributed by atoms with van der Waals surface area (Å²) in [6.45, 7) is 0. The zero-order valence-electron chi connectivity index (χ0n) is 9.73. The Morgan fingerprint density at radius 2 is 1.94 bits per heavy atom. The van der Waals surface area contributed by atoms with Crippen LogP contribution in [-0.4, -0.2) is 12.2 Å². The Labute approximate surface area is 100 Å². The van der Waals surface area contributed by atoms with Gasteiger partial charge < -0.3 is 9.84 Å². The predicted molar refractivity (Wildman–Crippen MR) is 68.9 cm³/mol. The zero-order valence-corrected chi connectivity index (χ0v) is 9.73. The first kappa shape index (κ1) is 10.2. The summed E-state index contributed by atoms with van der Waals surface area (Å²) < 4.78 is 5.30. The Kier molecular flexibility index (Phi) is 2.29. The zero-order chi connectivity index (χ0) is 11.8. The van der Waals surface area contributed by atoms with Crippen molar-refractivity contribution in [2.45, 2.75) is 12.8 Å². The maximum absolute atomic E-state index is 9.83. The number of hydrogen-bond acceptors (Lipinski definition) is 2. The van der Waals surface area contributed by atoms with Gasteiger partial charge in [-0.1, -0.05) is 24.3 Å². The molecule has 2 aromatic rings. The first-order chi connectivity index (χ1) is 8.29. The van der Waals surface area contributed by atoms with Crippen molar-refractivity contribution in [3.05, 3.63) is 47.2 Å². The van der Waals surface area contributed by atoms with Crippen LogP contribution in [0.5, 0.6) is 5.75 Å². The molecule has 0 saturated heterocycles. The Hall–Kier alpha value is -1.96. The number of aryl methyl sites for hydroxylation is 1. The third kappa shape index (κ3) is 1.57. The van der Waals surface area contributed by atoms with Crippen LogP contribution in [0.25, 0.3) is 16.8 Å². The van der Waals surface area contributed by atoms with E-state index in [4.69, 9.17) is 4.74 Å².